The van der Waals surface area contributed by atoms with Crippen LogP contribution in [-0.4, -0.2) is 5.11 Å². The zero-order valence-corrected chi connectivity index (χ0v) is 7.80. The summed E-state index contributed by atoms with van der Waals surface area (Å²) in [5, 5.41) is 29.3. The van der Waals surface area contributed by atoms with Crippen LogP contribution in [0, 0.1) is 22.7 Å². The Kier molecular flexibility index (Phi) is 1.85. The molecule has 4 heteroatoms. The first-order valence-corrected chi connectivity index (χ1v) is 4.68. The highest BCUT2D eigenvalue weighted by Gasteiger charge is 2.09. The van der Waals surface area contributed by atoms with E-state index in [0.29, 0.717) is 16.5 Å². The average molecular weight is 200 g/mol. The van der Waals surface area contributed by atoms with Crippen LogP contribution >= 0.6 is 11.3 Å². The Hall–Kier alpha value is -2.04. The highest BCUT2D eigenvalue weighted by atomic mass is 32.1. The molecule has 0 amide bonds. The third-order valence-electron chi connectivity index (χ3n) is 1.90. The van der Waals surface area contributed by atoms with E-state index in [1.807, 2.05) is 12.1 Å². The minimum atomic E-state index is 0.0559. The number of nitrogens with zero attached hydrogens (tertiary/aromatic N) is 2. The number of nitriles is 2. The number of hydrogen-bond acceptors (Lipinski definition) is 4. The molecule has 0 aliphatic carbocycles. The molecule has 0 saturated heterocycles. The van der Waals surface area contributed by atoms with Gasteiger partial charge in [-0.05, 0) is 12.1 Å². The first kappa shape index (κ1) is 8.55. The summed E-state index contributed by atoms with van der Waals surface area (Å²) in [5.74, 6) is 0.0559. The number of aromatic hydroxyl groups is 1. The van der Waals surface area contributed by atoms with Crippen LogP contribution in [0.15, 0.2) is 17.5 Å². The third kappa shape index (κ3) is 1.10. The predicted molar refractivity (Wildman–Crippen MR) is 52.9 cm³/mol. The quantitative estimate of drug-likeness (QED) is 0.709. The molecule has 3 nitrogen and oxygen atoms in total. The standard InChI is InChI=1S/C10H4N2OS/c11-3-6-1-8(13)2-9-10(6)7(4-12)5-14-9/h1-2,5,13H. The summed E-state index contributed by atoms with van der Waals surface area (Å²) in [7, 11) is 0. The molecule has 0 fully saturated rings. The minimum absolute atomic E-state index is 0.0559. The molecule has 0 aliphatic heterocycles. The molecule has 1 heterocycles. The lowest BCUT2D eigenvalue weighted by molar-refractivity contribution is 0.476. The van der Waals surface area contributed by atoms with Crippen LogP contribution < -0.4 is 0 Å². The van der Waals surface area contributed by atoms with Crippen LogP contribution in [0.3, 0.4) is 0 Å². The van der Waals surface area contributed by atoms with Crippen molar-refractivity contribution < 1.29 is 5.11 Å². The van der Waals surface area contributed by atoms with Crippen molar-refractivity contribution in [1.29, 1.82) is 10.5 Å². The lowest BCUT2D eigenvalue weighted by Crippen LogP contribution is -1.78. The summed E-state index contributed by atoms with van der Waals surface area (Å²) in [6, 6.07) is 6.92. The lowest BCUT2D eigenvalue weighted by Gasteiger charge is -1.95. The van der Waals surface area contributed by atoms with Crippen molar-refractivity contribution in [2.24, 2.45) is 0 Å². The number of thiophene rings is 1. The van der Waals surface area contributed by atoms with Crippen molar-refractivity contribution in [1.82, 2.24) is 0 Å². The molecule has 2 rings (SSSR count). The van der Waals surface area contributed by atoms with E-state index in [1.165, 1.54) is 17.4 Å². The summed E-state index contributed by atoms with van der Waals surface area (Å²) in [6.45, 7) is 0. The number of rotatable bonds is 0. The maximum Gasteiger partial charge on any atom is 0.118 e. The zero-order valence-electron chi connectivity index (χ0n) is 6.98. The van der Waals surface area contributed by atoms with E-state index >= 15 is 0 Å². The van der Waals surface area contributed by atoms with Gasteiger partial charge in [0.2, 0.25) is 0 Å². The number of hydrogen-bond donors (Lipinski definition) is 1. The molecule has 0 aliphatic rings. The average Bonchev–Trinajstić information content (AvgIpc) is 2.59. The number of phenols is 1. The Morgan fingerprint density at radius 2 is 1.86 bits per heavy atom. The first-order chi connectivity index (χ1) is 6.76. The van der Waals surface area contributed by atoms with E-state index < -0.39 is 0 Å². The predicted octanol–water partition coefficient (Wildman–Crippen LogP) is 2.35. The minimum Gasteiger partial charge on any atom is -0.508 e. The zero-order chi connectivity index (χ0) is 10.1. The van der Waals surface area contributed by atoms with Gasteiger partial charge >= 0.3 is 0 Å². The van der Waals surface area contributed by atoms with Crippen LogP contribution in [0.2, 0.25) is 0 Å². The van der Waals surface area contributed by atoms with Gasteiger partial charge in [0.15, 0.2) is 0 Å². The van der Waals surface area contributed by atoms with E-state index in [1.54, 1.807) is 11.4 Å². The Morgan fingerprint density at radius 3 is 2.50 bits per heavy atom. The van der Waals surface area contributed by atoms with Crippen molar-refractivity contribution >= 4 is 21.4 Å². The Labute approximate surface area is 84.1 Å². The molecule has 0 atom stereocenters. The van der Waals surface area contributed by atoms with Crippen LogP contribution in [0.25, 0.3) is 10.1 Å². The number of fused-ring (bicyclic) bond motifs is 1. The fraction of sp³-hybridized carbons (Fsp3) is 0. The molecule has 1 aromatic heterocycles. The van der Waals surface area contributed by atoms with Gasteiger partial charge in [-0.25, -0.2) is 0 Å². The lowest BCUT2D eigenvalue weighted by atomic mass is 10.1. The van der Waals surface area contributed by atoms with Gasteiger partial charge < -0.3 is 5.11 Å². The summed E-state index contributed by atoms with van der Waals surface area (Å²) in [4.78, 5) is 0. The topological polar surface area (TPSA) is 67.8 Å². The Bertz CT molecular complexity index is 586. The van der Waals surface area contributed by atoms with E-state index in [9.17, 15) is 5.11 Å². The van der Waals surface area contributed by atoms with E-state index in [2.05, 4.69) is 0 Å². The van der Waals surface area contributed by atoms with Crippen molar-refractivity contribution in [3.63, 3.8) is 0 Å². The maximum absolute atomic E-state index is 9.30. The van der Waals surface area contributed by atoms with Crippen LogP contribution in [0.5, 0.6) is 5.75 Å². The fourth-order valence-corrected chi connectivity index (χ4v) is 2.27. The second kappa shape index (κ2) is 3.02. The van der Waals surface area contributed by atoms with E-state index in [-0.39, 0.29) is 5.75 Å². The van der Waals surface area contributed by atoms with Crippen molar-refractivity contribution in [2.45, 2.75) is 0 Å². The number of benzene rings is 1. The first-order valence-electron chi connectivity index (χ1n) is 3.80. The molecule has 1 aromatic carbocycles. The third-order valence-corrected chi connectivity index (χ3v) is 2.83. The van der Waals surface area contributed by atoms with Gasteiger partial charge in [0.1, 0.15) is 11.8 Å². The molecule has 0 bridgehead atoms. The van der Waals surface area contributed by atoms with Gasteiger partial charge in [-0.15, -0.1) is 11.3 Å². The second-order valence-corrected chi connectivity index (χ2v) is 3.65. The van der Waals surface area contributed by atoms with Crippen molar-refractivity contribution in [3.8, 4) is 17.9 Å². The highest BCUT2D eigenvalue weighted by molar-refractivity contribution is 7.17. The molecule has 0 saturated carbocycles. The Balaban J connectivity index is 2.96. The van der Waals surface area contributed by atoms with E-state index in [4.69, 9.17) is 10.5 Å². The summed E-state index contributed by atoms with van der Waals surface area (Å²) >= 11 is 1.35. The van der Waals surface area contributed by atoms with Gasteiger partial charge in [-0.3, -0.25) is 0 Å². The monoisotopic (exact) mass is 200 g/mol. The largest absolute Gasteiger partial charge is 0.508 e. The van der Waals surface area contributed by atoms with Crippen LogP contribution in [0.4, 0.5) is 0 Å². The molecular formula is C10H4N2OS. The molecule has 0 unspecified atom stereocenters. The van der Waals surface area contributed by atoms with Gasteiger partial charge in [-0.2, -0.15) is 10.5 Å². The van der Waals surface area contributed by atoms with Gasteiger partial charge in [0.05, 0.1) is 17.2 Å². The summed E-state index contributed by atoms with van der Waals surface area (Å²) < 4.78 is 0.762. The van der Waals surface area contributed by atoms with Gasteiger partial charge in [0.25, 0.3) is 0 Å². The van der Waals surface area contributed by atoms with Gasteiger partial charge in [-0.1, -0.05) is 0 Å². The van der Waals surface area contributed by atoms with Crippen molar-refractivity contribution in [2.75, 3.05) is 0 Å². The molecule has 2 aromatic rings. The fourth-order valence-electron chi connectivity index (χ4n) is 1.32. The highest BCUT2D eigenvalue weighted by Crippen LogP contribution is 2.31. The SMILES string of the molecule is N#Cc1csc2cc(O)cc(C#N)c12. The second-order valence-electron chi connectivity index (χ2n) is 2.74. The van der Waals surface area contributed by atoms with Crippen molar-refractivity contribution in [3.05, 3.63) is 28.6 Å². The molecule has 66 valence electrons. The molecule has 1 N–H and O–H groups in total. The van der Waals surface area contributed by atoms with Crippen LogP contribution in [-0.2, 0) is 0 Å². The summed E-state index contributed by atoms with van der Waals surface area (Å²) in [5.41, 5.74) is 0.833. The van der Waals surface area contributed by atoms with Gasteiger partial charge in [0, 0.05) is 15.5 Å². The number of phenolic OH excluding ortho intramolecular Hbond substituents is 1. The Morgan fingerprint density at radius 1 is 1.14 bits per heavy atom. The maximum atomic E-state index is 9.30. The summed E-state index contributed by atoms with van der Waals surface area (Å²) in [6.07, 6.45) is 0. The molecule has 0 radical (unpaired) electrons. The molecule has 14 heavy (non-hydrogen) atoms. The van der Waals surface area contributed by atoms with E-state index in [0.717, 1.165) is 4.70 Å². The smallest absolute Gasteiger partial charge is 0.118 e. The molecular weight excluding hydrogens is 196 g/mol. The van der Waals surface area contributed by atoms with Crippen LogP contribution in [0.1, 0.15) is 11.1 Å². The normalized spacial score (nSPS) is 9.57. The molecule has 0 spiro atoms.